The summed E-state index contributed by atoms with van der Waals surface area (Å²) in [5, 5.41) is 0. The number of primary amides is 1. The molecule has 0 radical (unpaired) electrons. The summed E-state index contributed by atoms with van der Waals surface area (Å²) in [5.74, 6) is -0.389. The van der Waals surface area contributed by atoms with Crippen molar-refractivity contribution < 1.29 is 4.79 Å². The van der Waals surface area contributed by atoms with Gasteiger partial charge in [-0.15, -0.1) is 0 Å². The number of hydrogen-bond acceptors (Lipinski definition) is 2. The third-order valence-corrected chi connectivity index (χ3v) is 2.40. The first-order valence-electron chi connectivity index (χ1n) is 5.04. The van der Waals surface area contributed by atoms with E-state index < -0.39 is 0 Å². The highest BCUT2D eigenvalue weighted by Gasteiger charge is 2.07. The maximum absolute atomic E-state index is 11.2. The molecule has 0 aliphatic carbocycles. The zero-order valence-electron chi connectivity index (χ0n) is 8.76. The van der Waals surface area contributed by atoms with Crippen molar-refractivity contribution in [3.63, 3.8) is 0 Å². The zero-order valence-corrected chi connectivity index (χ0v) is 8.76. The third kappa shape index (κ3) is 2.25. The van der Waals surface area contributed by atoms with E-state index in [1.54, 1.807) is 18.5 Å². The molecule has 1 heterocycles. The number of benzene rings is 1. The van der Waals surface area contributed by atoms with Gasteiger partial charge in [0.05, 0.1) is 0 Å². The van der Waals surface area contributed by atoms with Gasteiger partial charge in [-0.3, -0.25) is 9.78 Å². The number of aromatic nitrogens is 1. The standard InChI is InChI=1S/C13H12N2O/c14-13(16)12-6-2-1-5-11(12)8-10-4-3-7-15-9-10/h1-7,9H,8H2,(H2,14,16). The Balaban J connectivity index is 2.31. The topological polar surface area (TPSA) is 56.0 Å². The van der Waals surface area contributed by atoms with Crippen LogP contribution in [0.1, 0.15) is 21.5 Å². The molecule has 0 unspecified atom stereocenters. The predicted octanol–water partition coefficient (Wildman–Crippen LogP) is 1.77. The second-order valence-corrected chi connectivity index (χ2v) is 3.56. The van der Waals surface area contributed by atoms with Gasteiger partial charge in [0.1, 0.15) is 0 Å². The van der Waals surface area contributed by atoms with Crippen LogP contribution in [0.2, 0.25) is 0 Å². The van der Waals surface area contributed by atoms with Gasteiger partial charge in [0.25, 0.3) is 0 Å². The van der Waals surface area contributed by atoms with Crippen molar-refractivity contribution in [1.29, 1.82) is 0 Å². The Morgan fingerprint density at radius 2 is 2.00 bits per heavy atom. The van der Waals surface area contributed by atoms with Gasteiger partial charge in [-0.2, -0.15) is 0 Å². The molecule has 2 rings (SSSR count). The van der Waals surface area contributed by atoms with Crippen LogP contribution in [-0.2, 0) is 6.42 Å². The molecule has 16 heavy (non-hydrogen) atoms. The van der Waals surface area contributed by atoms with Crippen LogP contribution in [0.5, 0.6) is 0 Å². The summed E-state index contributed by atoms with van der Waals surface area (Å²) in [4.78, 5) is 15.3. The van der Waals surface area contributed by atoms with E-state index in [9.17, 15) is 4.79 Å². The number of carbonyl (C=O) groups excluding carboxylic acids is 1. The van der Waals surface area contributed by atoms with Crippen molar-refractivity contribution in [2.24, 2.45) is 5.73 Å². The van der Waals surface area contributed by atoms with Crippen LogP contribution < -0.4 is 5.73 Å². The van der Waals surface area contributed by atoms with E-state index >= 15 is 0 Å². The molecule has 0 saturated heterocycles. The largest absolute Gasteiger partial charge is 0.366 e. The van der Waals surface area contributed by atoms with Gasteiger partial charge in [-0.25, -0.2) is 0 Å². The number of rotatable bonds is 3. The van der Waals surface area contributed by atoms with Crippen LogP contribution in [-0.4, -0.2) is 10.9 Å². The van der Waals surface area contributed by atoms with E-state index in [1.807, 2.05) is 30.3 Å². The van der Waals surface area contributed by atoms with Crippen molar-refractivity contribution in [3.05, 3.63) is 65.5 Å². The lowest BCUT2D eigenvalue weighted by atomic mass is 10.0. The summed E-state index contributed by atoms with van der Waals surface area (Å²) in [6.07, 6.45) is 4.19. The lowest BCUT2D eigenvalue weighted by Crippen LogP contribution is -2.13. The number of nitrogens with two attached hydrogens (primary N) is 1. The summed E-state index contributed by atoms with van der Waals surface area (Å²) in [6.45, 7) is 0. The Kier molecular flexibility index (Phi) is 2.96. The molecule has 0 aliphatic rings. The molecule has 0 aliphatic heterocycles. The first-order chi connectivity index (χ1) is 7.77. The third-order valence-electron chi connectivity index (χ3n) is 2.40. The van der Waals surface area contributed by atoms with Crippen molar-refractivity contribution in [1.82, 2.24) is 4.98 Å². The van der Waals surface area contributed by atoms with Crippen LogP contribution in [0.3, 0.4) is 0 Å². The van der Waals surface area contributed by atoms with Gasteiger partial charge in [-0.1, -0.05) is 24.3 Å². The Morgan fingerprint density at radius 1 is 1.19 bits per heavy atom. The molecule has 2 N–H and O–H groups in total. The number of pyridine rings is 1. The smallest absolute Gasteiger partial charge is 0.248 e. The first-order valence-corrected chi connectivity index (χ1v) is 5.04. The SMILES string of the molecule is NC(=O)c1ccccc1Cc1cccnc1. The van der Waals surface area contributed by atoms with Gasteiger partial charge < -0.3 is 5.73 Å². The molecule has 1 amide bonds. The van der Waals surface area contributed by atoms with E-state index in [4.69, 9.17) is 5.73 Å². The molecule has 80 valence electrons. The lowest BCUT2D eigenvalue weighted by molar-refractivity contribution is 0.0999. The summed E-state index contributed by atoms with van der Waals surface area (Å²) in [6, 6.07) is 11.2. The molecular formula is C13H12N2O. The monoisotopic (exact) mass is 212 g/mol. The van der Waals surface area contributed by atoms with Gasteiger partial charge in [0, 0.05) is 18.0 Å². The molecular weight excluding hydrogens is 200 g/mol. The Hall–Kier alpha value is -2.16. The molecule has 0 fully saturated rings. The second kappa shape index (κ2) is 4.57. The highest BCUT2D eigenvalue weighted by Crippen LogP contribution is 2.13. The molecule has 0 saturated carbocycles. The molecule has 1 aromatic heterocycles. The molecule has 3 nitrogen and oxygen atoms in total. The highest BCUT2D eigenvalue weighted by atomic mass is 16.1. The molecule has 2 aromatic rings. The van der Waals surface area contributed by atoms with Crippen LogP contribution in [0.15, 0.2) is 48.8 Å². The van der Waals surface area contributed by atoms with Crippen LogP contribution in [0.4, 0.5) is 0 Å². The average molecular weight is 212 g/mol. The van der Waals surface area contributed by atoms with Crippen molar-refractivity contribution in [2.75, 3.05) is 0 Å². The van der Waals surface area contributed by atoms with E-state index in [1.165, 1.54) is 0 Å². The average Bonchev–Trinajstić information content (AvgIpc) is 2.31. The fraction of sp³-hybridized carbons (Fsp3) is 0.0769. The molecule has 1 aromatic carbocycles. The van der Waals surface area contributed by atoms with Crippen LogP contribution >= 0.6 is 0 Å². The van der Waals surface area contributed by atoms with Gasteiger partial charge in [-0.05, 0) is 29.7 Å². The number of nitrogens with zero attached hydrogens (tertiary/aromatic N) is 1. The first kappa shape index (κ1) is 10.4. The predicted molar refractivity (Wildman–Crippen MR) is 62.0 cm³/mol. The number of carbonyl (C=O) groups is 1. The minimum absolute atomic E-state index is 0.389. The van der Waals surface area contributed by atoms with Crippen LogP contribution in [0, 0.1) is 0 Å². The Bertz CT molecular complexity index is 494. The fourth-order valence-corrected chi connectivity index (χ4v) is 1.64. The minimum Gasteiger partial charge on any atom is -0.366 e. The van der Waals surface area contributed by atoms with Crippen LogP contribution in [0.25, 0.3) is 0 Å². The quantitative estimate of drug-likeness (QED) is 0.843. The normalized spacial score (nSPS) is 10.0. The summed E-state index contributed by atoms with van der Waals surface area (Å²) >= 11 is 0. The zero-order chi connectivity index (χ0) is 11.4. The van der Waals surface area contributed by atoms with E-state index in [0.29, 0.717) is 12.0 Å². The molecule has 3 heteroatoms. The van der Waals surface area contributed by atoms with E-state index in [2.05, 4.69) is 4.98 Å². The number of hydrogen-bond donors (Lipinski definition) is 1. The maximum Gasteiger partial charge on any atom is 0.248 e. The molecule has 0 spiro atoms. The minimum atomic E-state index is -0.389. The molecule has 0 atom stereocenters. The van der Waals surface area contributed by atoms with Crippen molar-refractivity contribution >= 4 is 5.91 Å². The summed E-state index contributed by atoms with van der Waals surface area (Å²) in [5.41, 5.74) is 7.89. The van der Waals surface area contributed by atoms with E-state index in [0.717, 1.165) is 11.1 Å². The second-order valence-electron chi connectivity index (χ2n) is 3.56. The number of amides is 1. The maximum atomic E-state index is 11.2. The van der Waals surface area contributed by atoms with Gasteiger partial charge in [0.2, 0.25) is 5.91 Å². The highest BCUT2D eigenvalue weighted by molar-refractivity contribution is 5.94. The van der Waals surface area contributed by atoms with E-state index in [-0.39, 0.29) is 5.91 Å². The fourth-order valence-electron chi connectivity index (χ4n) is 1.64. The summed E-state index contributed by atoms with van der Waals surface area (Å²) < 4.78 is 0. The summed E-state index contributed by atoms with van der Waals surface area (Å²) in [7, 11) is 0. The van der Waals surface area contributed by atoms with Crippen molar-refractivity contribution in [2.45, 2.75) is 6.42 Å². The lowest BCUT2D eigenvalue weighted by Gasteiger charge is -2.05. The van der Waals surface area contributed by atoms with Gasteiger partial charge >= 0.3 is 0 Å². The van der Waals surface area contributed by atoms with Gasteiger partial charge in [0.15, 0.2) is 0 Å². The van der Waals surface area contributed by atoms with Crippen molar-refractivity contribution in [3.8, 4) is 0 Å². The Morgan fingerprint density at radius 3 is 2.69 bits per heavy atom. The Labute approximate surface area is 93.9 Å². The molecule has 0 bridgehead atoms.